The first-order chi connectivity index (χ1) is 5.97. The summed E-state index contributed by atoms with van der Waals surface area (Å²) in [5, 5.41) is 9.51. The normalized spacial score (nSPS) is 22.1. The molecule has 0 aromatic carbocycles. The molecule has 1 heterocycles. The summed E-state index contributed by atoms with van der Waals surface area (Å²) < 4.78 is 11.0. The second-order valence-electron chi connectivity index (χ2n) is 4.25. The van der Waals surface area contributed by atoms with Gasteiger partial charge in [-0.05, 0) is 20.3 Å². The lowest BCUT2D eigenvalue weighted by Gasteiger charge is -2.28. The van der Waals surface area contributed by atoms with Crippen molar-refractivity contribution in [2.24, 2.45) is 0 Å². The number of hydrogen-bond donors (Lipinski definition) is 1. The van der Waals surface area contributed by atoms with Crippen LogP contribution in [-0.4, -0.2) is 51.0 Å². The van der Waals surface area contributed by atoms with Crippen LogP contribution in [0.15, 0.2) is 0 Å². The molecule has 4 heteroatoms. The first-order valence-corrected chi connectivity index (χ1v) is 6.26. The molecule has 0 aromatic rings. The zero-order chi connectivity index (χ0) is 9.90. The molecule has 1 N–H and O–H groups in total. The van der Waals surface area contributed by atoms with Crippen molar-refractivity contribution in [1.82, 2.24) is 4.90 Å². The lowest BCUT2D eigenvalue weighted by Crippen LogP contribution is -2.40. The van der Waals surface area contributed by atoms with Gasteiger partial charge in [-0.25, -0.2) is 0 Å². The van der Waals surface area contributed by atoms with Crippen molar-refractivity contribution in [3.05, 3.63) is 0 Å². The molecular formula is C9H19NO2S. The van der Waals surface area contributed by atoms with Gasteiger partial charge in [0.25, 0.3) is 0 Å². The Morgan fingerprint density at radius 1 is 1.38 bits per heavy atom. The van der Waals surface area contributed by atoms with Crippen molar-refractivity contribution in [2.45, 2.75) is 25.9 Å². The van der Waals surface area contributed by atoms with E-state index in [2.05, 4.69) is 4.90 Å². The van der Waals surface area contributed by atoms with Crippen molar-refractivity contribution < 1.29 is 9.32 Å². The molecule has 0 unspecified atom stereocenters. The van der Waals surface area contributed by atoms with E-state index in [9.17, 15) is 9.32 Å². The Kier molecular flexibility index (Phi) is 3.88. The van der Waals surface area contributed by atoms with E-state index in [0.717, 1.165) is 37.6 Å². The Hall–Kier alpha value is 0.0700. The molecule has 0 spiro atoms. The molecule has 1 aliphatic heterocycles. The van der Waals surface area contributed by atoms with Gasteiger partial charge in [-0.3, -0.25) is 4.21 Å². The van der Waals surface area contributed by atoms with Gasteiger partial charge >= 0.3 is 0 Å². The molecule has 0 bridgehead atoms. The highest BCUT2D eigenvalue weighted by Crippen LogP contribution is 2.09. The molecule has 1 aliphatic rings. The summed E-state index contributed by atoms with van der Waals surface area (Å²) in [5.41, 5.74) is -0.573. The van der Waals surface area contributed by atoms with E-state index < -0.39 is 16.4 Å². The van der Waals surface area contributed by atoms with Gasteiger partial charge in [0.05, 0.1) is 5.60 Å². The van der Waals surface area contributed by atoms with E-state index in [1.54, 1.807) is 0 Å². The summed E-state index contributed by atoms with van der Waals surface area (Å²) in [6, 6.07) is 0. The Balaban J connectivity index is 2.20. The second-order valence-corrected chi connectivity index (χ2v) is 5.95. The average molecular weight is 205 g/mol. The Morgan fingerprint density at radius 2 is 1.92 bits per heavy atom. The maximum Gasteiger partial charge on any atom is 0.0603 e. The summed E-state index contributed by atoms with van der Waals surface area (Å²) in [7, 11) is -0.590. The molecule has 3 nitrogen and oxygen atoms in total. The van der Waals surface area contributed by atoms with E-state index in [-0.39, 0.29) is 0 Å². The Morgan fingerprint density at radius 3 is 2.38 bits per heavy atom. The molecular weight excluding hydrogens is 186 g/mol. The maximum absolute atomic E-state index is 11.0. The topological polar surface area (TPSA) is 40.5 Å². The van der Waals surface area contributed by atoms with Crippen molar-refractivity contribution >= 4 is 10.8 Å². The van der Waals surface area contributed by atoms with Gasteiger partial charge < -0.3 is 10.0 Å². The predicted octanol–water partition coefficient (Wildman–Crippen LogP) is 0.212. The molecule has 1 rings (SSSR count). The van der Waals surface area contributed by atoms with Crippen LogP contribution in [0.4, 0.5) is 0 Å². The Bertz CT molecular complexity index is 179. The number of rotatable bonds is 3. The van der Waals surface area contributed by atoms with Crippen LogP contribution in [0, 0.1) is 0 Å². The van der Waals surface area contributed by atoms with Crippen LogP contribution in [0.3, 0.4) is 0 Å². The lowest BCUT2D eigenvalue weighted by molar-refractivity contribution is 0.0588. The van der Waals surface area contributed by atoms with Crippen molar-refractivity contribution in [3.8, 4) is 0 Å². The first-order valence-electron chi connectivity index (χ1n) is 4.77. The van der Waals surface area contributed by atoms with Crippen molar-refractivity contribution in [1.29, 1.82) is 0 Å². The summed E-state index contributed by atoms with van der Waals surface area (Å²) >= 11 is 0. The summed E-state index contributed by atoms with van der Waals surface area (Å²) in [6.07, 6.45) is 0.791. The van der Waals surface area contributed by atoms with E-state index in [1.807, 2.05) is 13.8 Å². The maximum atomic E-state index is 11.0. The fraction of sp³-hybridized carbons (Fsp3) is 1.00. The number of aliphatic hydroxyl groups is 1. The number of hydrogen-bond acceptors (Lipinski definition) is 3. The minimum atomic E-state index is -0.590. The van der Waals surface area contributed by atoms with Crippen LogP contribution in [0.2, 0.25) is 0 Å². The van der Waals surface area contributed by atoms with Gasteiger partial charge in [-0.15, -0.1) is 0 Å². The fourth-order valence-electron chi connectivity index (χ4n) is 1.33. The smallest absolute Gasteiger partial charge is 0.0603 e. The molecule has 0 radical (unpaired) electrons. The van der Waals surface area contributed by atoms with Crippen LogP contribution >= 0.6 is 0 Å². The average Bonchev–Trinajstić information content (AvgIpc) is 2.02. The third-order valence-corrected chi connectivity index (χ3v) is 3.59. The monoisotopic (exact) mass is 205 g/mol. The highest BCUT2D eigenvalue weighted by molar-refractivity contribution is 7.85. The minimum absolute atomic E-state index is 0.573. The zero-order valence-corrected chi connectivity index (χ0v) is 9.27. The zero-order valence-electron chi connectivity index (χ0n) is 8.45. The van der Waals surface area contributed by atoms with Gasteiger partial charge in [-0.2, -0.15) is 0 Å². The van der Waals surface area contributed by atoms with Crippen molar-refractivity contribution in [3.63, 3.8) is 0 Å². The molecule has 0 atom stereocenters. The fourth-order valence-corrected chi connectivity index (χ4v) is 2.46. The first kappa shape index (κ1) is 11.1. The molecule has 0 saturated carbocycles. The molecule has 0 aromatic heterocycles. The second kappa shape index (κ2) is 4.53. The SMILES string of the molecule is CC(C)(O)CCN1CCS(=O)CC1. The van der Waals surface area contributed by atoms with Gasteiger partial charge in [0.15, 0.2) is 0 Å². The third kappa shape index (κ3) is 4.74. The van der Waals surface area contributed by atoms with Crippen LogP contribution in [-0.2, 0) is 10.8 Å². The van der Waals surface area contributed by atoms with Gasteiger partial charge in [0, 0.05) is 41.9 Å². The molecule has 0 amide bonds. The highest BCUT2D eigenvalue weighted by Gasteiger charge is 2.18. The van der Waals surface area contributed by atoms with E-state index in [1.165, 1.54) is 0 Å². The van der Waals surface area contributed by atoms with Crippen LogP contribution in [0.25, 0.3) is 0 Å². The van der Waals surface area contributed by atoms with Crippen LogP contribution < -0.4 is 0 Å². The van der Waals surface area contributed by atoms with Crippen LogP contribution in [0.5, 0.6) is 0 Å². The molecule has 0 aliphatic carbocycles. The largest absolute Gasteiger partial charge is 0.390 e. The van der Waals surface area contributed by atoms with E-state index in [0.29, 0.717) is 0 Å². The number of nitrogens with zero attached hydrogens (tertiary/aromatic N) is 1. The van der Waals surface area contributed by atoms with Gasteiger partial charge in [0.1, 0.15) is 0 Å². The van der Waals surface area contributed by atoms with Gasteiger partial charge in [0.2, 0.25) is 0 Å². The molecule has 78 valence electrons. The predicted molar refractivity (Wildman–Crippen MR) is 55.2 cm³/mol. The Labute approximate surface area is 82.6 Å². The molecule has 1 fully saturated rings. The van der Waals surface area contributed by atoms with Crippen LogP contribution in [0.1, 0.15) is 20.3 Å². The summed E-state index contributed by atoms with van der Waals surface area (Å²) in [6.45, 7) is 6.41. The van der Waals surface area contributed by atoms with E-state index in [4.69, 9.17) is 0 Å². The highest BCUT2D eigenvalue weighted by atomic mass is 32.2. The van der Waals surface area contributed by atoms with E-state index >= 15 is 0 Å². The van der Waals surface area contributed by atoms with Crippen molar-refractivity contribution in [2.75, 3.05) is 31.1 Å². The third-order valence-electron chi connectivity index (χ3n) is 2.31. The molecule has 1 saturated heterocycles. The summed E-state index contributed by atoms with van der Waals surface area (Å²) in [5.74, 6) is 1.59. The standard InChI is InChI=1S/C9H19NO2S/c1-9(2,11)3-4-10-5-7-13(12)8-6-10/h11H,3-8H2,1-2H3. The molecule has 13 heavy (non-hydrogen) atoms. The van der Waals surface area contributed by atoms with Gasteiger partial charge in [-0.1, -0.05) is 0 Å². The lowest BCUT2D eigenvalue weighted by atomic mass is 10.1. The minimum Gasteiger partial charge on any atom is -0.390 e. The quantitative estimate of drug-likeness (QED) is 0.716. The summed E-state index contributed by atoms with van der Waals surface area (Å²) in [4.78, 5) is 2.28.